The lowest BCUT2D eigenvalue weighted by molar-refractivity contribution is -0.116. The molecule has 1 amide bonds. The molecule has 2 aromatic carbocycles. The summed E-state index contributed by atoms with van der Waals surface area (Å²) in [4.78, 5) is 27.7. The minimum atomic E-state index is -0.402. The smallest absolute Gasteiger partial charge is 0.329 e. The highest BCUT2D eigenvalue weighted by Gasteiger charge is 2.18. The van der Waals surface area contributed by atoms with E-state index in [0.717, 1.165) is 37.1 Å². The molecule has 6 nitrogen and oxygen atoms in total. The van der Waals surface area contributed by atoms with Gasteiger partial charge < -0.3 is 10.2 Å². The number of carbonyl (C=O) groups is 1. The van der Waals surface area contributed by atoms with Crippen LogP contribution in [0.2, 0.25) is 0 Å². The van der Waals surface area contributed by atoms with Crippen molar-refractivity contribution in [1.29, 1.82) is 0 Å². The van der Waals surface area contributed by atoms with Crippen LogP contribution in [0.25, 0.3) is 11.0 Å². The molecular weight excluding hydrogens is 371 g/mol. The van der Waals surface area contributed by atoms with Crippen LogP contribution in [0.5, 0.6) is 0 Å². The largest absolute Gasteiger partial charge is 0.370 e. The van der Waals surface area contributed by atoms with E-state index in [1.54, 1.807) is 10.6 Å². The Labute approximate surface area is 168 Å². The van der Waals surface area contributed by atoms with E-state index in [0.29, 0.717) is 17.7 Å². The monoisotopic (exact) mass is 396 g/mol. The van der Waals surface area contributed by atoms with Crippen molar-refractivity contribution in [1.82, 2.24) is 9.13 Å². The highest BCUT2D eigenvalue weighted by Crippen LogP contribution is 2.29. The first-order chi connectivity index (χ1) is 14.1. The van der Waals surface area contributed by atoms with Gasteiger partial charge in [0.1, 0.15) is 12.4 Å². The van der Waals surface area contributed by atoms with Gasteiger partial charge >= 0.3 is 5.69 Å². The zero-order valence-electron chi connectivity index (χ0n) is 16.5. The molecule has 1 fully saturated rings. The second-order valence-corrected chi connectivity index (χ2v) is 7.36. The van der Waals surface area contributed by atoms with E-state index in [2.05, 4.69) is 10.2 Å². The van der Waals surface area contributed by atoms with Crippen molar-refractivity contribution in [3.8, 4) is 0 Å². The molecular formula is C22H25FN4O2. The first-order valence-corrected chi connectivity index (χ1v) is 10.1. The van der Waals surface area contributed by atoms with E-state index in [9.17, 15) is 14.0 Å². The van der Waals surface area contributed by atoms with Crippen molar-refractivity contribution in [2.75, 3.05) is 23.3 Å². The van der Waals surface area contributed by atoms with Crippen molar-refractivity contribution in [3.05, 3.63) is 58.8 Å². The zero-order valence-corrected chi connectivity index (χ0v) is 16.5. The van der Waals surface area contributed by atoms with Gasteiger partial charge in [-0.15, -0.1) is 0 Å². The molecule has 4 rings (SSSR count). The highest BCUT2D eigenvalue weighted by molar-refractivity contribution is 5.95. The number of para-hydroxylation sites is 2. The Morgan fingerprint density at radius 2 is 1.72 bits per heavy atom. The van der Waals surface area contributed by atoms with E-state index < -0.39 is 5.82 Å². The van der Waals surface area contributed by atoms with E-state index in [-0.39, 0.29) is 18.1 Å². The number of carbonyl (C=O) groups excluding carboxylic acids is 1. The van der Waals surface area contributed by atoms with Crippen LogP contribution in [0.4, 0.5) is 15.8 Å². The lowest BCUT2D eigenvalue weighted by atomic mass is 10.1. The van der Waals surface area contributed by atoms with E-state index in [1.807, 2.05) is 31.2 Å². The van der Waals surface area contributed by atoms with Crippen molar-refractivity contribution in [2.45, 2.75) is 39.3 Å². The van der Waals surface area contributed by atoms with Gasteiger partial charge in [-0.05, 0) is 56.5 Å². The molecule has 1 saturated heterocycles. The third-order valence-electron chi connectivity index (χ3n) is 5.47. The number of hydrogen-bond donors (Lipinski definition) is 1. The molecule has 152 valence electrons. The second kappa shape index (κ2) is 8.11. The number of aryl methyl sites for hydroxylation is 1. The van der Waals surface area contributed by atoms with Crippen LogP contribution < -0.4 is 15.9 Å². The van der Waals surface area contributed by atoms with Gasteiger partial charge in [0, 0.05) is 19.6 Å². The lowest BCUT2D eigenvalue weighted by Crippen LogP contribution is -2.32. The van der Waals surface area contributed by atoms with Crippen LogP contribution in [0.15, 0.2) is 47.3 Å². The Bertz CT molecular complexity index is 1100. The second-order valence-electron chi connectivity index (χ2n) is 7.36. The number of amides is 1. The molecule has 2 heterocycles. The van der Waals surface area contributed by atoms with Gasteiger partial charge in [-0.2, -0.15) is 0 Å². The van der Waals surface area contributed by atoms with Crippen LogP contribution >= 0.6 is 0 Å². The molecule has 1 aliphatic heterocycles. The zero-order chi connectivity index (χ0) is 20.4. The number of benzene rings is 2. The average Bonchev–Trinajstić information content (AvgIpc) is 2.99. The van der Waals surface area contributed by atoms with Gasteiger partial charge in [-0.25, -0.2) is 9.18 Å². The average molecular weight is 396 g/mol. The van der Waals surface area contributed by atoms with Crippen molar-refractivity contribution in [3.63, 3.8) is 0 Å². The molecule has 0 spiro atoms. The summed E-state index contributed by atoms with van der Waals surface area (Å²) >= 11 is 0. The van der Waals surface area contributed by atoms with E-state index in [4.69, 9.17) is 0 Å². The number of anilines is 2. The summed E-state index contributed by atoms with van der Waals surface area (Å²) in [5.74, 6) is -0.754. The quantitative estimate of drug-likeness (QED) is 0.717. The molecule has 0 unspecified atom stereocenters. The summed E-state index contributed by atoms with van der Waals surface area (Å²) in [5.41, 5.74) is 2.56. The third kappa shape index (κ3) is 3.77. The number of halogens is 1. The lowest BCUT2D eigenvalue weighted by Gasteiger charge is -2.30. The summed E-state index contributed by atoms with van der Waals surface area (Å²) < 4.78 is 17.0. The maximum atomic E-state index is 13.9. The maximum absolute atomic E-state index is 13.9. The fourth-order valence-electron chi connectivity index (χ4n) is 4.08. The van der Waals surface area contributed by atoms with Crippen molar-refractivity contribution < 1.29 is 9.18 Å². The normalized spacial score (nSPS) is 14.3. The molecule has 1 N–H and O–H groups in total. The predicted octanol–water partition coefficient (Wildman–Crippen LogP) is 3.59. The SMILES string of the molecule is CCn1c(=O)n(CC(=O)Nc2cc(F)ccc2N2CCCCC2)c2ccccc21. The highest BCUT2D eigenvalue weighted by atomic mass is 19.1. The van der Waals surface area contributed by atoms with E-state index >= 15 is 0 Å². The van der Waals surface area contributed by atoms with Crippen LogP contribution in [0, 0.1) is 5.82 Å². The number of rotatable bonds is 5. The third-order valence-corrected chi connectivity index (χ3v) is 5.47. The minimum absolute atomic E-state index is 0.123. The van der Waals surface area contributed by atoms with Gasteiger partial charge in [0.2, 0.25) is 5.91 Å². The Balaban J connectivity index is 1.62. The van der Waals surface area contributed by atoms with Gasteiger partial charge in [0.25, 0.3) is 0 Å². The molecule has 29 heavy (non-hydrogen) atoms. The Morgan fingerprint density at radius 3 is 2.41 bits per heavy atom. The Hall–Kier alpha value is -3.09. The standard InChI is InChI=1S/C22H25FN4O2/c1-2-26-19-8-4-5-9-20(19)27(22(26)29)15-21(28)24-17-14-16(23)10-11-18(17)25-12-6-3-7-13-25/h4-5,8-11,14H,2-3,6-7,12-13,15H2,1H3,(H,24,28). The fraction of sp³-hybridized carbons (Fsp3) is 0.364. The molecule has 1 aliphatic rings. The number of nitrogens with zero attached hydrogens (tertiary/aromatic N) is 3. The van der Waals surface area contributed by atoms with Crippen molar-refractivity contribution >= 4 is 28.3 Å². The number of imidazole rings is 1. The Kier molecular flexibility index (Phi) is 5.38. The molecule has 0 saturated carbocycles. The van der Waals surface area contributed by atoms with Gasteiger partial charge in [-0.1, -0.05) is 12.1 Å². The minimum Gasteiger partial charge on any atom is -0.370 e. The topological polar surface area (TPSA) is 59.3 Å². The van der Waals surface area contributed by atoms with Gasteiger partial charge in [0.15, 0.2) is 0 Å². The molecule has 0 atom stereocenters. The van der Waals surface area contributed by atoms with Gasteiger partial charge in [-0.3, -0.25) is 13.9 Å². The first kappa shape index (κ1) is 19.2. The molecule has 7 heteroatoms. The Morgan fingerprint density at radius 1 is 1.03 bits per heavy atom. The van der Waals surface area contributed by atoms with Crippen LogP contribution in [0.3, 0.4) is 0 Å². The number of aromatic nitrogens is 2. The summed E-state index contributed by atoms with van der Waals surface area (Å²) in [5, 5.41) is 2.83. The fourth-order valence-corrected chi connectivity index (χ4v) is 4.08. The van der Waals surface area contributed by atoms with Crippen LogP contribution in [-0.2, 0) is 17.9 Å². The number of nitrogens with one attached hydrogen (secondary N) is 1. The molecule has 1 aromatic heterocycles. The summed E-state index contributed by atoms with van der Waals surface area (Å²) in [6.45, 7) is 4.07. The molecule has 0 aliphatic carbocycles. The predicted molar refractivity (Wildman–Crippen MR) is 113 cm³/mol. The van der Waals surface area contributed by atoms with Crippen molar-refractivity contribution in [2.24, 2.45) is 0 Å². The first-order valence-electron chi connectivity index (χ1n) is 10.1. The molecule has 0 radical (unpaired) electrons. The number of piperidine rings is 1. The maximum Gasteiger partial charge on any atom is 0.329 e. The number of fused-ring (bicyclic) bond motifs is 1. The van der Waals surface area contributed by atoms with Crippen LogP contribution in [0.1, 0.15) is 26.2 Å². The molecule has 3 aromatic rings. The molecule has 0 bridgehead atoms. The number of hydrogen-bond acceptors (Lipinski definition) is 3. The summed E-state index contributed by atoms with van der Waals surface area (Å²) in [7, 11) is 0. The van der Waals surface area contributed by atoms with Gasteiger partial charge in [0.05, 0.1) is 22.4 Å². The van der Waals surface area contributed by atoms with E-state index in [1.165, 1.54) is 23.1 Å². The summed E-state index contributed by atoms with van der Waals surface area (Å²) in [6, 6.07) is 11.9. The summed E-state index contributed by atoms with van der Waals surface area (Å²) in [6.07, 6.45) is 3.34. The van der Waals surface area contributed by atoms with Crippen LogP contribution in [-0.4, -0.2) is 28.1 Å².